The molecule has 0 spiro atoms. The summed E-state index contributed by atoms with van der Waals surface area (Å²) in [6, 6.07) is 5.98. The van der Waals surface area contributed by atoms with Gasteiger partial charge in [0.2, 0.25) is 0 Å². The molecule has 2 heterocycles. The second-order valence-electron chi connectivity index (χ2n) is 3.96. The van der Waals surface area contributed by atoms with Crippen molar-refractivity contribution in [3.05, 3.63) is 38.1 Å². The lowest BCUT2D eigenvalue weighted by Gasteiger charge is -2.16. The summed E-state index contributed by atoms with van der Waals surface area (Å²) in [7, 11) is 3.96. The van der Waals surface area contributed by atoms with Gasteiger partial charge in [-0.05, 0) is 34.1 Å². The molecule has 1 N–H and O–H groups in total. The van der Waals surface area contributed by atoms with Crippen LogP contribution in [-0.2, 0) is 6.54 Å². The van der Waals surface area contributed by atoms with Crippen LogP contribution >= 0.6 is 38.9 Å². The predicted octanol–water partition coefficient (Wildman–Crippen LogP) is 4.24. The van der Waals surface area contributed by atoms with Gasteiger partial charge in [0.25, 0.3) is 0 Å². The minimum atomic E-state index is 0.739. The van der Waals surface area contributed by atoms with E-state index in [2.05, 4.69) is 26.2 Å². The summed E-state index contributed by atoms with van der Waals surface area (Å²) in [5.74, 6) is 0.930. The Kier molecular flexibility index (Phi) is 4.48. The second-order valence-corrected chi connectivity index (χ2v) is 6.55. The molecular weight excluding hydrogens is 334 g/mol. The first-order valence-corrected chi connectivity index (χ1v) is 7.36. The van der Waals surface area contributed by atoms with E-state index in [-0.39, 0.29) is 0 Å². The van der Waals surface area contributed by atoms with Crippen molar-refractivity contribution in [2.45, 2.75) is 6.54 Å². The molecule has 0 aromatic carbocycles. The number of nitrogens with zero attached hydrogens (tertiary/aromatic N) is 2. The normalized spacial score (nSPS) is 10.4. The minimum Gasteiger partial charge on any atom is -0.377 e. The van der Waals surface area contributed by atoms with Gasteiger partial charge in [-0.15, -0.1) is 11.3 Å². The van der Waals surface area contributed by atoms with Crippen molar-refractivity contribution in [2.75, 3.05) is 24.3 Å². The van der Waals surface area contributed by atoms with Crippen LogP contribution < -0.4 is 10.2 Å². The van der Waals surface area contributed by atoms with Crippen LogP contribution in [0.5, 0.6) is 0 Å². The topological polar surface area (TPSA) is 28.2 Å². The van der Waals surface area contributed by atoms with Crippen molar-refractivity contribution < 1.29 is 0 Å². The molecule has 2 aromatic heterocycles. The number of aromatic nitrogens is 1. The lowest BCUT2D eigenvalue weighted by molar-refractivity contribution is 1.05. The highest BCUT2D eigenvalue weighted by Gasteiger charge is 2.07. The summed E-state index contributed by atoms with van der Waals surface area (Å²) in [5.41, 5.74) is 1.02. The van der Waals surface area contributed by atoms with Crippen LogP contribution in [0.1, 0.15) is 4.88 Å². The first kappa shape index (κ1) is 13.6. The number of anilines is 2. The average molecular weight is 347 g/mol. The van der Waals surface area contributed by atoms with Crippen molar-refractivity contribution in [1.29, 1.82) is 0 Å². The first-order chi connectivity index (χ1) is 8.58. The van der Waals surface area contributed by atoms with E-state index in [1.54, 1.807) is 17.5 Å². The molecule has 0 aliphatic carbocycles. The SMILES string of the molecule is CN(C)c1ncccc1NCc1cc(Br)c(Cl)s1. The van der Waals surface area contributed by atoms with Gasteiger partial charge in [0.05, 0.1) is 5.69 Å². The van der Waals surface area contributed by atoms with Crippen LogP contribution in [0.25, 0.3) is 0 Å². The monoisotopic (exact) mass is 345 g/mol. The van der Waals surface area contributed by atoms with Gasteiger partial charge in [0.1, 0.15) is 4.34 Å². The summed E-state index contributed by atoms with van der Waals surface area (Å²) in [5, 5.41) is 3.38. The van der Waals surface area contributed by atoms with Gasteiger partial charge in [-0.2, -0.15) is 0 Å². The van der Waals surface area contributed by atoms with E-state index >= 15 is 0 Å². The third-order valence-electron chi connectivity index (χ3n) is 2.36. The van der Waals surface area contributed by atoms with E-state index in [1.165, 1.54) is 4.88 Å². The van der Waals surface area contributed by atoms with E-state index < -0.39 is 0 Å². The molecule has 0 saturated carbocycles. The third kappa shape index (κ3) is 3.16. The molecule has 3 nitrogen and oxygen atoms in total. The lowest BCUT2D eigenvalue weighted by Crippen LogP contribution is -2.13. The zero-order valence-electron chi connectivity index (χ0n) is 10.1. The number of nitrogens with one attached hydrogen (secondary N) is 1. The van der Waals surface area contributed by atoms with Gasteiger partial charge in [0.15, 0.2) is 5.82 Å². The number of halogens is 2. The van der Waals surface area contributed by atoms with Crippen molar-refractivity contribution >= 4 is 50.4 Å². The van der Waals surface area contributed by atoms with Gasteiger partial charge in [0, 0.05) is 36.2 Å². The maximum absolute atomic E-state index is 6.02. The molecule has 0 unspecified atom stereocenters. The van der Waals surface area contributed by atoms with Gasteiger partial charge in [-0.1, -0.05) is 11.6 Å². The minimum absolute atomic E-state index is 0.739. The fourth-order valence-corrected chi connectivity index (χ4v) is 3.28. The molecule has 0 amide bonds. The van der Waals surface area contributed by atoms with Gasteiger partial charge in [-0.3, -0.25) is 0 Å². The van der Waals surface area contributed by atoms with E-state index in [0.717, 1.165) is 26.9 Å². The number of hydrogen-bond donors (Lipinski definition) is 1. The summed E-state index contributed by atoms with van der Waals surface area (Å²) in [6.45, 7) is 0.739. The lowest BCUT2D eigenvalue weighted by atomic mass is 10.3. The maximum atomic E-state index is 6.02. The molecule has 2 aromatic rings. The molecule has 0 aliphatic rings. The summed E-state index contributed by atoms with van der Waals surface area (Å²) < 4.78 is 1.73. The number of hydrogen-bond acceptors (Lipinski definition) is 4. The third-order valence-corrected chi connectivity index (χ3v) is 4.83. The zero-order chi connectivity index (χ0) is 13.1. The zero-order valence-corrected chi connectivity index (χ0v) is 13.2. The van der Waals surface area contributed by atoms with Crippen LogP contribution in [0.3, 0.4) is 0 Å². The van der Waals surface area contributed by atoms with Crippen LogP contribution in [0.4, 0.5) is 11.5 Å². The Morgan fingerprint density at radius 3 is 2.89 bits per heavy atom. The average Bonchev–Trinajstić information content (AvgIpc) is 2.66. The molecule has 0 radical (unpaired) electrons. The standard InChI is InChI=1S/C12H13BrClN3S/c1-17(2)12-10(4-3-5-15-12)16-7-8-6-9(13)11(14)18-8/h3-6,16H,7H2,1-2H3. The van der Waals surface area contributed by atoms with Crippen LogP contribution in [0, 0.1) is 0 Å². The van der Waals surface area contributed by atoms with Crippen LogP contribution in [-0.4, -0.2) is 19.1 Å². The Labute approximate surface area is 124 Å². The van der Waals surface area contributed by atoms with E-state index in [0.29, 0.717) is 0 Å². The summed E-state index contributed by atoms with van der Waals surface area (Å²) in [4.78, 5) is 7.51. The largest absolute Gasteiger partial charge is 0.377 e. The molecular formula is C12H13BrClN3S. The highest BCUT2D eigenvalue weighted by molar-refractivity contribution is 9.10. The molecule has 6 heteroatoms. The fourth-order valence-electron chi connectivity index (χ4n) is 1.55. The van der Waals surface area contributed by atoms with E-state index in [9.17, 15) is 0 Å². The summed E-state index contributed by atoms with van der Waals surface area (Å²) >= 11 is 11.0. The van der Waals surface area contributed by atoms with Gasteiger partial charge < -0.3 is 10.2 Å². The maximum Gasteiger partial charge on any atom is 0.151 e. The number of thiophene rings is 1. The van der Waals surface area contributed by atoms with Crippen molar-refractivity contribution in [3.63, 3.8) is 0 Å². The fraction of sp³-hybridized carbons (Fsp3) is 0.250. The van der Waals surface area contributed by atoms with Crippen molar-refractivity contribution in [3.8, 4) is 0 Å². The van der Waals surface area contributed by atoms with Crippen molar-refractivity contribution in [1.82, 2.24) is 4.98 Å². The molecule has 18 heavy (non-hydrogen) atoms. The molecule has 96 valence electrons. The first-order valence-electron chi connectivity index (χ1n) is 5.38. The highest BCUT2D eigenvalue weighted by Crippen LogP contribution is 2.32. The second kappa shape index (κ2) is 5.91. The van der Waals surface area contributed by atoms with Gasteiger partial charge in [-0.25, -0.2) is 4.98 Å². The Balaban J connectivity index is 2.10. The molecule has 0 bridgehead atoms. The quantitative estimate of drug-likeness (QED) is 0.897. The molecule has 0 aliphatic heterocycles. The highest BCUT2D eigenvalue weighted by atomic mass is 79.9. The number of pyridine rings is 1. The van der Waals surface area contributed by atoms with Crippen molar-refractivity contribution in [2.24, 2.45) is 0 Å². The molecule has 0 saturated heterocycles. The van der Waals surface area contributed by atoms with Crippen LogP contribution in [0.15, 0.2) is 28.9 Å². The van der Waals surface area contributed by atoms with Crippen LogP contribution in [0.2, 0.25) is 4.34 Å². The molecule has 2 rings (SSSR count). The van der Waals surface area contributed by atoms with Gasteiger partial charge >= 0.3 is 0 Å². The number of rotatable bonds is 4. The molecule has 0 fully saturated rings. The Hall–Kier alpha value is -0.780. The smallest absolute Gasteiger partial charge is 0.151 e. The van der Waals surface area contributed by atoms with E-state index in [1.807, 2.05) is 37.2 Å². The van der Waals surface area contributed by atoms with E-state index in [4.69, 9.17) is 11.6 Å². The molecule has 0 atom stereocenters. The summed E-state index contributed by atoms with van der Waals surface area (Å²) in [6.07, 6.45) is 1.79. The predicted molar refractivity (Wildman–Crippen MR) is 82.9 cm³/mol. The Morgan fingerprint density at radius 1 is 1.50 bits per heavy atom. The Morgan fingerprint density at radius 2 is 2.28 bits per heavy atom. The Bertz CT molecular complexity index is 522.